The van der Waals surface area contributed by atoms with Gasteiger partial charge in [0.15, 0.2) is 0 Å². The van der Waals surface area contributed by atoms with Crippen molar-refractivity contribution >= 4 is 21.6 Å². The molecule has 4 nitrogen and oxygen atoms in total. The molecule has 0 bridgehead atoms. The van der Waals surface area contributed by atoms with Crippen molar-refractivity contribution < 1.29 is 12.8 Å². The van der Waals surface area contributed by atoms with E-state index >= 15 is 0 Å². The van der Waals surface area contributed by atoms with Crippen LogP contribution in [0.1, 0.15) is 13.8 Å². The zero-order valence-corrected chi connectivity index (χ0v) is 13.2. The van der Waals surface area contributed by atoms with Crippen molar-refractivity contribution in [1.29, 1.82) is 0 Å². The molecule has 2 atom stereocenters. The summed E-state index contributed by atoms with van der Waals surface area (Å²) in [6.45, 7) is 4.78. The lowest BCUT2D eigenvalue weighted by atomic mass is 10.1. The predicted octanol–water partition coefficient (Wildman–Crippen LogP) is 2.19. The zero-order chi connectivity index (χ0) is 15.1. The van der Waals surface area contributed by atoms with Crippen LogP contribution < -0.4 is 0 Å². The Hall–Kier alpha value is -0.690. The number of likely N-dealkylation sites (N-methyl/N-ethyl adjacent to an activating group) is 1. The van der Waals surface area contributed by atoms with Gasteiger partial charge in [-0.1, -0.05) is 11.6 Å². The van der Waals surface area contributed by atoms with E-state index in [1.165, 1.54) is 16.4 Å². The summed E-state index contributed by atoms with van der Waals surface area (Å²) in [6, 6.07) is 3.51. The van der Waals surface area contributed by atoms with E-state index in [1.807, 2.05) is 20.9 Å². The average Bonchev–Trinajstić information content (AvgIpc) is 2.35. The van der Waals surface area contributed by atoms with Gasteiger partial charge in [-0.2, -0.15) is 4.31 Å². The van der Waals surface area contributed by atoms with E-state index in [1.54, 1.807) is 0 Å². The molecule has 0 N–H and O–H groups in total. The number of benzene rings is 1. The van der Waals surface area contributed by atoms with E-state index in [0.717, 1.165) is 6.07 Å². The molecule has 1 aromatic carbocycles. The molecule has 0 amide bonds. The Morgan fingerprint density at radius 1 is 1.25 bits per heavy atom. The Morgan fingerprint density at radius 2 is 1.90 bits per heavy atom. The number of piperazine rings is 1. The minimum absolute atomic E-state index is 0.0777. The molecule has 0 radical (unpaired) electrons. The van der Waals surface area contributed by atoms with Crippen molar-refractivity contribution in [2.75, 3.05) is 20.1 Å². The van der Waals surface area contributed by atoms with Crippen molar-refractivity contribution in [3.05, 3.63) is 29.0 Å². The number of halogens is 2. The van der Waals surface area contributed by atoms with Crippen LogP contribution >= 0.6 is 11.6 Å². The molecular weight excluding hydrogens is 303 g/mol. The van der Waals surface area contributed by atoms with Crippen molar-refractivity contribution in [1.82, 2.24) is 9.21 Å². The van der Waals surface area contributed by atoms with Crippen LogP contribution in [0.3, 0.4) is 0 Å². The highest BCUT2D eigenvalue weighted by atomic mass is 35.5. The number of nitrogens with zero attached hydrogens (tertiary/aromatic N) is 2. The lowest BCUT2D eigenvalue weighted by Crippen LogP contribution is -2.57. The van der Waals surface area contributed by atoms with Gasteiger partial charge in [0.2, 0.25) is 10.0 Å². The van der Waals surface area contributed by atoms with Crippen molar-refractivity contribution in [3.8, 4) is 0 Å². The standard InChI is InChI=1S/C13H18ClFN2O2S/c1-9-10(2)17(7-6-16(9)3)20(18,19)13-5-4-11(14)8-12(13)15/h4-5,8-10H,6-7H2,1-3H3/t9-,10+/m0/s1. The summed E-state index contributed by atoms with van der Waals surface area (Å²) in [7, 11) is -1.89. The van der Waals surface area contributed by atoms with Gasteiger partial charge in [0.25, 0.3) is 0 Å². The Bertz CT molecular complexity index is 608. The van der Waals surface area contributed by atoms with Crippen molar-refractivity contribution in [2.24, 2.45) is 0 Å². The van der Waals surface area contributed by atoms with E-state index in [9.17, 15) is 12.8 Å². The molecule has 1 saturated heterocycles. The van der Waals surface area contributed by atoms with Crippen LogP contribution in [-0.2, 0) is 10.0 Å². The quantitative estimate of drug-likeness (QED) is 0.838. The first-order chi connectivity index (χ1) is 9.25. The molecular formula is C13H18ClFN2O2S. The first-order valence-corrected chi connectivity index (χ1v) is 8.24. The van der Waals surface area contributed by atoms with E-state index in [4.69, 9.17) is 11.6 Å². The smallest absolute Gasteiger partial charge is 0.246 e. The molecule has 0 unspecified atom stereocenters. The summed E-state index contributed by atoms with van der Waals surface area (Å²) in [5, 5.41) is 0.182. The highest BCUT2D eigenvalue weighted by Crippen LogP contribution is 2.27. The van der Waals surface area contributed by atoms with E-state index in [2.05, 4.69) is 4.90 Å². The molecule has 2 rings (SSSR count). The predicted molar refractivity (Wildman–Crippen MR) is 76.9 cm³/mol. The zero-order valence-electron chi connectivity index (χ0n) is 11.7. The SMILES string of the molecule is C[C@@H]1[C@H](C)N(C)CCN1S(=O)(=O)c1ccc(Cl)cc1F. The molecule has 20 heavy (non-hydrogen) atoms. The largest absolute Gasteiger partial charge is 0.301 e. The molecule has 1 aliphatic rings. The summed E-state index contributed by atoms with van der Waals surface area (Å²) in [4.78, 5) is 1.78. The highest BCUT2D eigenvalue weighted by Gasteiger charge is 2.37. The Balaban J connectivity index is 2.40. The van der Waals surface area contributed by atoms with Gasteiger partial charge in [0, 0.05) is 30.2 Å². The topological polar surface area (TPSA) is 40.6 Å². The highest BCUT2D eigenvalue weighted by molar-refractivity contribution is 7.89. The van der Waals surface area contributed by atoms with Crippen LogP contribution in [0.2, 0.25) is 5.02 Å². The molecule has 112 valence electrons. The van der Waals surface area contributed by atoms with Gasteiger partial charge in [-0.05, 0) is 39.1 Å². The number of sulfonamides is 1. The summed E-state index contributed by atoms with van der Waals surface area (Å²) in [6.07, 6.45) is 0. The van der Waals surface area contributed by atoms with Crippen LogP contribution in [-0.4, -0.2) is 49.8 Å². The van der Waals surface area contributed by atoms with Crippen LogP contribution in [0.4, 0.5) is 4.39 Å². The lowest BCUT2D eigenvalue weighted by molar-refractivity contribution is 0.109. The minimum Gasteiger partial charge on any atom is -0.301 e. The normalized spacial score (nSPS) is 25.9. The molecule has 1 aliphatic heterocycles. The third-order valence-electron chi connectivity index (χ3n) is 4.00. The van der Waals surface area contributed by atoms with Gasteiger partial charge in [-0.25, -0.2) is 12.8 Å². The average molecular weight is 321 g/mol. The summed E-state index contributed by atoms with van der Waals surface area (Å²) in [5.74, 6) is -0.809. The third kappa shape index (κ3) is 2.70. The fraction of sp³-hybridized carbons (Fsp3) is 0.538. The maximum atomic E-state index is 13.9. The first kappa shape index (κ1) is 15.7. The van der Waals surface area contributed by atoms with E-state index in [-0.39, 0.29) is 22.0 Å². The van der Waals surface area contributed by atoms with E-state index < -0.39 is 15.8 Å². The molecule has 1 fully saturated rings. The maximum Gasteiger partial charge on any atom is 0.246 e. The fourth-order valence-corrected chi connectivity index (χ4v) is 4.32. The molecule has 0 aliphatic carbocycles. The minimum atomic E-state index is -3.84. The van der Waals surface area contributed by atoms with Crippen molar-refractivity contribution in [3.63, 3.8) is 0 Å². The van der Waals surface area contributed by atoms with Gasteiger partial charge in [-0.3, -0.25) is 0 Å². The Morgan fingerprint density at radius 3 is 2.50 bits per heavy atom. The van der Waals surface area contributed by atoms with Crippen LogP contribution in [0, 0.1) is 5.82 Å². The fourth-order valence-electron chi connectivity index (χ4n) is 2.42. The molecule has 0 aromatic heterocycles. The second kappa shape index (κ2) is 5.60. The number of rotatable bonds is 2. The second-order valence-electron chi connectivity index (χ2n) is 5.15. The molecule has 0 spiro atoms. The second-order valence-corrected chi connectivity index (χ2v) is 7.45. The third-order valence-corrected chi connectivity index (χ3v) is 6.26. The van der Waals surface area contributed by atoms with Crippen LogP contribution in [0.15, 0.2) is 23.1 Å². The monoisotopic (exact) mass is 320 g/mol. The van der Waals surface area contributed by atoms with Gasteiger partial charge in [0.1, 0.15) is 10.7 Å². The maximum absolute atomic E-state index is 13.9. The van der Waals surface area contributed by atoms with Crippen LogP contribution in [0.25, 0.3) is 0 Å². The van der Waals surface area contributed by atoms with Gasteiger partial charge >= 0.3 is 0 Å². The Labute approximate surface area is 124 Å². The molecule has 7 heteroatoms. The van der Waals surface area contributed by atoms with E-state index in [0.29, 0.717) is 13.1 Å². The van der Waals surface area contributed by atoms with Gasteiger partial charge in [-0.15, -0.1) is 0 Å². The van der Waals surface area contributed by atoms with Crippen LogP contribution in [0.5, 0.6) is 0 Å². The number of hydrogen-bond acceptors (Lipinski definition) is 3. The molecule has 0 saturated carbocycles. The molecule has 1 heterocycles. The summed E-state index contributed by atoms with van der Waals surface area (Å²) >= 11 is 5.67. The summed E-state index contributed by atoms with van der Waals surface area (Å²) in [5.41, 5.74) is 0. The summed E-state index contributed by atoms with van der Waals surface area (Å²) < 4.78 is 40.5. The van der Waals surface area contributed by atoms with Crippen molar-refractivity contribution in [2.45, 2.75) is 30.8 Å². The Kier molecular flexibility index (Phi) is 4.39. The number of hydrogen-bond donors (Lipinski definition) is 0. The molecule has 1 aromatic rings. The first-order valence-electron chi connectivity index (χ1n) is 6.42. The van der Waals surface area contributed by atoms with Gasteiger partial charge < -0.3 is 4.90 Å². The van der Waals surface area contributed by atoms with Gasteiger partial charge in [0.05, 0.1) is 0 Å². The lowest BCUT2D eigenvalue weighted by Gasteiger charge is -2.42.